The van der Waals surface area contributed by atoms with Gasteiger partial charge in [0.2, 0.25) is 0 Å². The lowest BCUT2D eigenvalue weighted by molar-refractivity contribution is 0.00124. The second kappa shape index (κ2) is 9.03. The summed E-state index contributed by atoms with van der Waals surface area (Å²) in [5.41, 5.74) is 3.65. The highest BCUT2D eigenvalue weighted by Gasteiger charge is 2.31. The number of hydrogen-bond acceptors (Lipinski definition) is 5. The SMILES string of the molecule is CCOC(=O)c1c(NC(=S)Nc2cccc(C)c2)sc2c1CC(C(C)C)OC2. The van der Waals surface area contributed by atoms with Crippen molar-refractivity contribution in [3.63, 3.8) is 0 Å². The molecule has 0 saturated carbocycles. The van der Waals surface area contributed by atoms with Crippen molar-refractivity contribution in [2.24, 2.45) is 5.92 Å². The zero-order valence-electron chi connectivity index (χ0n) is 16.6. The molecule has 5 nitrogen and oxygen atoms in total. The van der Waals surface area contributed by atoms with E-state index in [0.29, 0.717) is 41.2 Å². The van der Waals surface area contributed by atoms with E-state index in [1.165, 1.54) is 11.3 Å². The van der Waals surface area contributed by atoms with Crippen LogP contribution >= 0.6 is 23.6 Å². The molecule has 0 fully saturated rings. The van der Waals surface area contributed by atoms with Crippen LogP contribution < -0.4 is 10.6 Å². The number of carbonyl (C=O) groups is 1. The fourth-order valence-electron chi connectivity index (χ4n) is 3.21. The molecule has 3 rings (SSSR count). The Hall–Kier alpha value is -1.96. The van der Waals surface area contributed by atoms with Crippen LogP contribution in [0.25, 0.3) is 0 Å². The molecule has 7 heteroatoms. The molecule has 0 aliphatic carbocycles. The third kappa shape index (κ3) is 4.71. The molecule has 0 spiro atoms. The van der Waals surface area contributed by atoms with E-state index in [1.807, 2.05) is 38.1 Å². The molecule has 1 aromatic carbocycles. The number of fused-ring (bicyclic) bond motifs is 1. The number of benzene rings is 1. The molecule has 2 aromatic rings. The van der Waals surface area contributed by atoms with Crippen molar-refractivity contribution in [1.82, 2.24) is 0 Å². The highest BCUT2D eigenvalue weighted by atomic mass is 32.1. The van der Waals surface area contributed by atoms with E-state index in [2.05, 4.69) is 24.5 Å². The van der Waals surface area contributed by atoms with E-state index in [0.717, 1.165) is 21.7 Å². The molecule has 1 unspecified atom stereocenters. The molecule has 1 atom stereocenters. The van der Waals surface area contributed by atoms with E-state index < -0.39 is 0 Å². The van der Waals surface area contributed by atoms with Gasteiger partial charge in [-0.15, -0.1) is 11.3 Å². The Morgan fingerprint density at radius 1 is 1.39 bits per heavy atom. The largest absolute Gasteiger partial charge is 0.462 e. The van der Waals surface area contributed by atoms with E-state index >= 15 is 0 Å². The molecule has 0 saturated heterocycles. The maximum absolute atomic E-state index is 12.7. The first-order chi connectivity index (χ1) is 13.4. The van der Waals surface area contributed by atoms with Gasteiger partial charge in [-0.05, 0) is 55.2 Å². The fraction of sp³-hybridized carbons (Fsp3) is 0.429. The molecular formula is C21H26N2O3S2. The molecule has 1 aliphatic heterocycles. The minimum absolute atomic E-state index is 0.0977. The third-order valence-electron chi connectivity index (χ3n) is 4.65. The van der Waals surface area contributed by atoms with E-state index in [9.17, 15) is 4.79 Å². The molecule has 150 valence electrons. The Labute approximate surface area is 175 Å². The summed E-state index contributed by atoms with van der Waals surface area (Å²) in [6, 6.07) is 7.96. The summed E-state index contributed by atoms with van der Waals surface area (Å²) in [6.45, 7) is 8.94. The van der Waals surface area contributed by atoms with Crippen LogP contribution in [-0.2, 0) is 22.5 Å². The zero-order chi connectivity index (χ0) is 20.3. The van der Waals surface area contributed by atoms with Gasteiger partial charge in [-0.25, -0.2) is 4.79 Å². The van der Waals surface area contributed by atoms with Crippen LogP contribution in [0, 0.1) is 12.8 Å². The summed E-state index contributed by atoms with van der Waals surface area (Å²) >= 11 is 6.99. The number of esters is 1. The third-order valence-corrected chi connectivity index (χ3v) is 5.98. The van der Waals surface area contributed by atoms with Crippen molar-refractivity contribution in [2.75, 3.05) is 17.2 Å². The summed E-state index contributed by atoms with van der Waals surface area (Å²) in [5.74, 6) is 0.0637. The highest BCUT2D eigenvalue weighted by Crippen LogP contribution is 2.39. The van der Waals surface area contributed by atoms with Crippen LogP contribution in [0.1, 0.15) is 47.1 Å². The number of hydrogen-bond donors (Lipinski definition) is 2. The number of aryl methyl sites for hydroxylation is 1. The van der Waals surface area contributed by atoms with E-state index in [4.69, 9.17) is 21.7 Å². The zero-order valence-corrected chi connectivity index (χ0v) is 18.3. The molecule has 0 amide bonds. The standard InChI is InChI=1S/C21H26N2O3S2/c1-5-25-20(24)18-15-10-16(12(2)3)26-11-17(15)28-19(18)23-21(27)22-14-8-6-7-13(4)9-14/h6-9,12,16H,5,10-11H2,1-4H3,(H2,22,23,27). The van der Waals surface area contributed by atoms with Gasteiger partial charge in [0.1, 0.15) is 5.00 Å². The van der Waals surface area contributed by atoms with Crippen LogP contribution in [0.2, 0.25) is 0 Å². The maximum Gasteiger partial charge on any atom is 0.341 e. The second-order valence-electron chi connectivity index (χ2n) is 7.17. The van der Waals surface area contributed by atoms with Gasteiger partial charge >= 0.3 is 5.97 Å². The number of thiocarbonyl (C=S) groups is 1. The van der Waals surface area contributed by atoms with Crippen molar-refractivity contribution in [3.05, 3.63) is 45.8 Å². The number of anilines is 2. The Morgan fingerprint density at radius 2 is 2.18 bits per heavy atom. The Morgan fingerprint density at radius 3 is 2.86 bits per heavy atom. The Bertz CT molecular complexity index is 877. The molecule has 2 N–H and O–H groups in total. The summed E-state index contributed by atoms with van der Waals surface area (Å²) in [4.78, 5) is 13.8. The fourth-order valence-corrected chi connectivity index (χ4v) is 4.64. The first-order valence-corrected chi connectivity index (χ1v) is 10.7. The predicted molar refractivity (Wildman–Crippen MR) is 118 cm³/mol. The van der Waals surface area contributed by atoms with Crippen LogP contribution in [0.4, 0.5) is 10.7 Å². The first kappa shape index (κ1) is 20.8. The monoisotopic (exact) mass is 418 g/mol. The maximum atomic E-state index is 12.7. The lowest BCUT2D eigenvalue weighted by Crippen LogP contribution is -2.27. The van der Waals surface area contributed by atoms with Crippen molar-refractivity contribution in [2.45, 2.75) is 46.8 Å². The summed E-state index contributed by atoms with van der Waals surface area (Å²) in [6.07, 6.45) is 0.803. The number of carbonyl (C=O) groups excluding carboxylic acids is 1. The Kier molecular flexibility index (Phi) is 6.69. The molecule has 2 heterocycles. The summed E-state index contributed by atoms with van der Waals surface area (Å²) in [5, 5.41) is 7.53. The van der Waals surface area contributed by atoms with Gasteiger partial charge in [0.15, 0.2) is 5.11 Å². The minimum Gasteiger partial charge on any atom is -0.462 e. The number of rotatable bonds is 5. The van der Waals surface area contributed by atoms with Crippen LogP contribution in [0.15, 0.2) is 24.3 Å². The van der Waals surface area contributed by atoms with Gasteiger partial charge in [-0.3, -0.25) is 0 Å². The van der Waals surface area contributed by atoms with E-state index in [1.54, 1.807) is 0 Å². The lowest BCUT2D eigenvalue weighted by atomic mass is 9.94. The van der Waals surface area contributed by atoms with E-state index in [-0.39, 0.29) is 12.1 Å². The quantitative estimate of drug-likeness (QED) is 0.518. The minimum atomic E-state index is -0.315. The van der Waals surface area contributed by atoms with Gasteiger partial charge in [0.25, 0.3) is 0 Å². The van der Waals surface area contributed by atoms with Gasteiger partial charge in [0, 0.05) is 17.0 Å². The average Bonchev–Trinajstić information content (AvgIpc) is 2.98. The predicted octanol–water partition coefficient (Wildman–Crippen LogP) is 5.14. The number of ether oxygens (including phenoxy) is 2. The van der Waals surface area contributed by atoms with Gasteiger partial charge in [-0.2, -0.15) is 0 Å². The van der Waals surface area contributed by atoms with Crippen molar-refractivity contribution in [3.8, 4) is 0 Å². The van der Waals surface area contributed by atoms with Crippen molar-refractivity contribution >= 4 is 45.3 Å². The van der Waals surface area contributed by atoms with Gasteiger partial charge in [0.05, 0.1) is 24.9 Å². The smallest absolute Gasteiger partial charge is 0.341 e. The average molecular weight is 419 g/mol. The summed E-state index contributed by atoms with van der Waals surface area (Å²) < 4.78 is 11.3. The molecule has 0 bridgehead atoms. The van der Waals surface area contributed by atoms with Crippen molar-refractivity contribution < 1.29 is 14.3 Å². The number of nitrogens with one attached hydrogen (secondary N) is 2. The lowest BCUT2D eigenvalue weighted by Gasteiger charge is -2.26. The van der Waals surface area contributed by atoms with Gasteiger partial charge < -0.3 is 20.1 Å². The van der Waals surface area contributed by atoms with Crippen molar-refractivity contribution in [1.29, 1.82) is 0 Å². The van der Waals surface area contributed by atoms with Gasteiger partial charge in [-0.1, -0.05) is 26.0 Å². The number of thiophene rings is 1. The van der Waals surface area contributed by atoms with Crippen LogP contribution in [0.3, 0.4) is 0 Å². The van der Waals surface area contributed by atoms with Crippen LogP contribution in [-0.4, -0.2) is 23.8 Å². The molecule has 0 radical (unpaired) electrons. The summed E-state index contributed by atoms with van der Waals surface area (Å²) in [7, 11) is 0. The van der Waals surface area contributed by atoms with Crippen LogP contribution in [0.5, 0.6) is 0 Å². The molecule has 1 aliphatic rings. The molecule has 28 heavy (non-hydrogen) atoms. The topological polar surface area (TPSA) is 59.6 Å². The second-order valence-corrected chi connectivity index (χ2v) is 8.69. The molecular weight excluding hydrogens is 392 g/mol. The first-order valence-electron chi connectivity index (χ1n) is 9.47. The highest BCUT2D eigenvalue weighted by molar-refractivity contribution is 7.80. The normalized spacial score (nSPS) is 15.8. The molecule has 1 aromatic heterocycles. The Balaban J connectivity index is 1.85.